The van der Waals surface area contributed by atoms with Gasteiger partial charge in [-0.15, -0.1) is 0 Å². The van der Waals surface area contributed by atoms with Crippen LogP contribution >= 0.6 is 0 Å². The van der Waals surface area contributed by atoms with Crippen LogP contribution in [-0.2, 0) is 33.6 Å². The van der Waals surface area contributed by atoms with E-state index in [-0.39, 0.29) is 73.0 Å². The molecule has 1 aliphatic rings. The molecule has 1 aromatic rings. The number of likely N-dealkylation sites (tertiary alicyclic amines) is 1. The van der Waals surface area contributed by atoms with Crippen molar-refractivity contribution in [2.45, 2.75) is 158 Å². The van der Waals surface area contributed by atoms with Gasteiger partial charge in [-0.3, -0.25) is 33.6 Å². The molecule has 0 N–H and O–H groups in total. The van der Waals surface area contributed by atoms with Gasteiger partial charge in [-0.2, -0.15) is 0 Å². The maximum atomic E-state index is 13.9. The standard InChI is InChI=1S/C40H59NO7.C3H8/c1-9-15-29(38(47)35(44)20-19-30(42)24-32(37(46)26(3)4)28-16-12-11-13-17-28)23-36(45)34-18-14-21-41(34)39(48)33(40(6,7)8)25-31(43)22-27(5)10-2;1-3-2/h11-13,16-17,26-27,29,32-34H,9-10,14-15,18-25H2,1-8H3;3H2,1-2H3/t27?,29?,32?,33-,34+;/m1./s1. The molecule has 1 amide bonds. The molecule has 1 aliphatic heterocycles. The van der Waals surface area contributed by atoms with Gasteiger partial charge in [0.05, 0.1) is 6.04 Å². The van der Waals surface area contributed by atoms with Crippen molar-refractivity contribution in [2.24, 2.45) is 29.1 Å². The van der Waals surface area contributed by atoms with Crippen molar-refractivity contribution in [3.05, 3.63) is 35.9 Å². The smallest absolute Gasteiger partial charge is 0.227 e. The lowest BCUT2D eigenvalue weighted by Crippen LogP contribution is -2.47. The molecule has 0 radical (unpaired) electrons. The summed E-state index contributed by atoms with van der Waals surface area (Å²) in [6, 6.07) is 8.41. The van der Waals surface area contributed by atoms with Gasteiger partial charge in [0.25, 0.3) is 0 Å². The Morgan fingerprint density at radius 2 is 1.41 bits per heavy atom. The SMILES string of the molecule is CCC.CCCC(CC(=O)[C@@H]1CCCN1C(=O)[C@@H](CC(=O)CC(C)CC)C(C)(C)C)C(=O)C(=O)CCC(=O)CC(C(=O)C(C)C)c1ccccc1. The van der Waals surface area contributed by atoms with Crippen molar-refractivity contribution in [3.8, 4) is 0 Å². The van der Waals surface area contributed by atoms with Crippen LogP contribution in [0, 0.1) is 29.1 Å². The summed E-state index contributed by atoms with van der Waals surface area (Å²) >= 11 is 0. The van der Waals surface area contributed by atoms with Crippen LogP contribution in [0.1, 0.15) is 158 Å². The van der Waals surface area contributed by atoms with Gasteiger partial charge in [0.15, 0.2) is 11.6 Å². The summed E-state index contributed by atoms with van der Waals surface area (Å²) in [4.78, 5) is 94.3. The second-order valence-electron chi connectivity index (χ2n) is 16.0. The number of carbonyl (C=O) groups excluding carboxylic acids is 7. The summed E-state index contributed by atoms with van der Waals surface area (Å²) in [6.45, 7) is 20.0. The normalized spacial score (nSPS) is 16.8. The first-order valence-corrected chi connectivity index (χ1v) is 19.4. The number of carbonyl (C=O) groups is 7. The maximum absolute atomic E-state index is 13.9. The maximum Gasteiger partial charge on any atom is 0.227 e. The zero-order chi connectivity index (χ0) is 38.9. The molecule has 0 spiro atoms. The van der Waals surface area contributed by atoms with E-state index < -0.39 is 40.8 Å². The molecule has 1 aromatic carbocycles. The van der Waals surface area contributed by atoms with E-state index in [2.05, 4.69) is 13.8 Å². The number of rotatable bonds is 21. The van der Waals surface area contributed by atoms with E-state index in [1.165, 1.54) is 6.42 Å². The Bertz CT molecular complexity index is 1310. The number of benzene rings is 1. The van der Waals surface area contributed by atoms with Crippen molar-refractivity contribution in [2.75, 3.05) is 6.54 Å². The molecule has 8 heteroatoms. The minimum atomic E-state index is -0.822. The van der Waals surface area contributed by atoms with Crippen LogP contribution < -0.4 is 0 Å². The zero-order valence-corrected chi connectivity index (χ0v) is 33.3. The Hall–Kier alpha value is -3.29. The van der Waals surface area contributed by atoms with Crippen LogP contribution in [0.25, 0.3) is 0 Å². The van der Waals surface area contributed by atoms with Gasteiger partial charge < -0.3 is 4.90 Å². The Balaban J connectivity index is 0.00000418. The van der Waals surface area contributed by atoms with Gasteiger partial charge in [-0.05, 0) is 36.2 Å². The lowest BCUT2D eigenvalue weighted by Gasteiger charge is -2.35. The molecule has 0 saturated carbocycles. The van der Waals surface area contributed by atoms with Gasteiger partial charge in [0, 0.05) is 68.7 Å². The summed E-state index contributed by atoms with van der Waals surface area (Å²) in [5, 5.41) is 0. The minimum Gasteiger partial charge on any atom is -0.332 e. The molecule has 5 atom stereocenters. The van der Waals surface area contributed by atoms with E-state index >= 15 is 0 Å². The van der Waals surface area contributed by atoms with Crippen molar-refractivity contribution < 1.29 is 33.6 Å². The highest BCUT2D eigenvalue weighted by atomic mass is 16.2. The first-order valence-electron chi connectivity index (χ1n) is 19.4. The average molecular weight is 710 g/mol. The predicted molar refractivity (Wildman–Crippen MR) is 203 cm³/mol. The fourth-order valence-corrected chi connectivity index (χ4v) is 6.63. The molecule has 2 rings (SSSR count). The van der Waals surface area contributed by atoms with Crippen LogP contribution in [0.5, 0.6) is 0 Å². The summed E-state index contributed by atoms with van der Waals surface area (Å²) in [5.74, 6) is -4.07. The van der Waals surface area contributed by atoms with E-state index in [4.69, 9.17) is 0 Å². The van der Waals surface area contributed by atoms with E-state index in [1.807, 2.05) is 71.9 Å². The molecular weight excluding hydrogens is 642 g/mol. The average Bonchev–Trinajstić information content (AvgIpc) is 3.58. The Morgan fingerprint density at radius 3 is 1.94 bits per heavy atom. The second-order valence-corrected chi connectivity index (χ2v) is 16.0. The van der Waals surface area contributed by atoms with Crippen molar-refractivity contribution in [1.29, 1.82) is 0 Å². The third kappa shape index (κ3) is 15.1. The molecule has 3 unspecified atom stereocenters. The highest BCUT2D eigenvalue weighted by Crippen LogP contribution is 2.35. The van der Waals surface area contributed by atoms with Crippen molar-refractivity contribution in [1.82, 2.24) is 4.90 Å². The fourth-order valence-electron chi connectivity index (χ4n) is 6.63. The molecule has 1 fully saturated rings. The van der Waals surface area contributed by atoms with E-state index in [9.17, 15) is 33.6 Å². The first kappa shape index (κ1) is 45.7. The van der Waals surface area contributed by atoms with E-state index in [1.54, 1.807) is 18.7 Å². The van der Waals surface area contributed by atoms with Crippen LogP contribution in [0.2, 0.25) is 0 Å². The van der Waals surface area contributed by atoms with Crippen LogP contribution in [0.3, 0.4) is 0 Å². The largest absolute Gasteiger partial charge is 0.332 e. The monoisotopic (exact) mass is 709 g/mol. The number of hydrogen-bond donors (Lipinski definition) is 0. The lowest BCUT2D eigenvalue weighted by atomic mass is 9.76. The highest BCUT2D eigenvalue weighted by molar-refractivity contribution is 6.38. The summed E-state index contributed by atoms with van der Waals surface area (Å²) in [7, 11) is 0. The minimum absolute atomic E-state index is 0.0380. The van der Waals surface area contributed by atoms with Crippen molar-refractivity contribution >= 4 is 40.6 Å². The molecule has 1 heterocycles. The Morgan fingerprint density at radius 1 is 0.804 bits per heavy atom. The van der Waals surface area contributed by atoms with Crippen molar-refractivity contribution in [3.63, 3.8) is 0 Å². The number of hydrogen-bond acceptors (Lipinski definition) is 7. The molecular formula is C43H67NO7. The lowest BCUT2D eigenvalue weighted by molar-refractivity contribution is -0.146. The number of nitrogens with zero attached hydrogens (tertiary/aromatic N) is 1. The van der Waals surface area contributed by atoms with Gasteiger partial charge in [0.1, 0.15) is 17.3 Å². The summed E-state index contributed by atoms with van der Waals surface area (Å²) in [6.07, 6.45) is 4.14. The Kier molecular flexibility index (Phi) is 20.3. The first-order chi connectivity index (χ1) is 23.9. The van der Waals surface area contributed by atoms with Gasteiger partial charge in [0.2, 0.25) is 11.7 Å². The number of amides is 1. The number of Topliss-reactive ketones (excluding diaryl/α,β-unsaturated/α-hetero) is 6. The molecule has 1 saturated heterocycles. The quantitative estimate of drug-likeness (QED) is 0.117. The van der Waals surface area contributed by atoms with Crippen LogP contribution in [-0.4, -0.2) is 58.1 Å². The zero-order valence-electron chi connectivity index (χ0n) is 33.3. The summed E-state index contributed by atoms with van der Waals surface area (Å²) in [5.41, 5.74) is 0.269. The molecule has 0 bridgehead atoms. The number of ketones is 6. The highest BCUT2D eigenvalue weighted by Gasteiger charge is 2.42. The predicted octanol–water partition coefficient (Wildman–Crippen LogP) is 8.71. The topological polar surface area (TPSA) is 123 Å². The molecule has 0 aromatic heterocycles. The molecule has 51 heavy (non-hydrogen) atoms. The third-order valence-electron chi connectivity index (χ3n) is 9.86. The van der Waals surface area contributed by atoms with Gasteiger partial charge >= 0.3 is 0 Å². The van der Waals surface area contributed by atoms with Crippen LogP contribution in [0.4, 0.5) is 0 Å². The van der Waals surface area contributed by atoms with Gasteiger partial charge in [-0.25, -0.2) is 0 Å². The second kappa shape index (κ2) is 22.6. The van der Waals surface area contributed by atoms with Crippen LogP contribution in [0.15, 0.2) is 30.3 Å². The Labute approximate surface area is 308 Å². The van der Waals surface area contributed by atoms with E-state index in [0.717, 1.165) is 12.0 Å². The molecule has 0 aliphatic carbocycles. The summed E-state index contributed by atoms with van der Waals surface area (Å²) < 4.78 is 0. The van der Waals surface area contributed by atoms with E-state index in [0.29, 0.717) is 38.6 Å². The third-order valence-corrected chi connectivity index (χ3v) is 9.86. The van der Waals surface area contributed by atoms with Gasteiger partial charge in [-0.1, -0.05) is 119 Å². The fraction of sp³-hybridized carbons (Fsp3) is 0.698. The molecule has 8 nitrogen and oxygen atoms in total. The molecule has 286 valence electrons.